The third-order valence-electron chi connectivity index (χ3n) is 3.27. The number of nitrogens with one attached hydrogen (secondary N) is 1. The first-order chi connectivity index (χ1) is 11.6. The van der Waals surface area contributed by atoms with E-state index >= 15 is 0 Å². The van der Waals surface area contributed by atoms with Gasteiger partial charge in [0, 0.05) is 18.2 Å². The topological polar surface area (TPSA) is 56.8 Å². The number of carbonyl (C=O) groups excluding carboxylic acids is 1. The molecule has 0 heterocycles. The van der Waals surface area contributed by atoms with E-state index in [1.54, 1.807) is 25.3 Å². The number of halogens is 1. The van der Waals surface area contributed by atoms with Crippen molar-refractivity contribution in [1.29, 1.82) is 0 Å². The highest BCUT2D eigenvalue weighted by Crippen LogP contribution is 2.35. The predicted octanol–water partition coefficient (Wildman–Crippen LogP) is 4.02. The second-order valence-electron chi connectivity index (χ2n) is 4.78. The van der Waals surface area contributed by atoms with Crippen LogP contribution in [0.2, 0.25) is 5.02 Å². The maximum atomic E-state index is 12.1. The fourth-order valence-electron chi connectivity index (χ4n) is 2.02. The van der Waals surface area contributed by atoms with Gasteiger partial charge in [-0.15, -0.1) is 0 Å². The summed E-state index contributed by atoms with van der Waals surface area (Å²) in [5.41, 5.74) is 1.36. The lowest BCUT2D eigenvalue weighted by molar-refractivity contribution is -0.111. The van der Waals surface area contributed by atoms with E-state index < -0.39 is 0 Å². The number of methoxy groups -OCH3 is 3. The quantitative estimate of drug-likeness (QED) is 0.802. The number of ether oxygens (including phenoxy) is 3. The third-order valence-corrected chi connectivity index (χ3v) is 3.57. The number of hydrogen-bond acceptors (Lipinski definition) is 4. The van der Waals surface area contributed by atoms with Gasteiger partial charge in [-0.1, -0.05) is 23.7 Å². The van der Waals surface area contributed by atoms with Crippen LogP contribution in [0.25, 0.3) is 6.08 Å². The van der Waals surface area contributed by atoms with Gasteiger partial charge in [-0.2, -0.15) is 0 Å². The Morgan fingerprint density at radius 3 is 2.25 bits per heavy atom. The lowest BCUT2D eigenvalue weighted by atomic mass is 10.2. The van der Waals surface area contributed by atoms with Crippen LogP contribution in [0.15, 0.2) is 42.5 Å². The van der Waals surface area contributed by atoms with Gasteiger partial charge in [0.1, 0.15) is 17.2 Å². The SMILES string of the molecule is COc1ccc(C=CC(=O)Nc2cc(OC)c(Cl)cc2OC)cc1. The van der Waals surface area contributed by atoms with Gasteiger partial charge in [0.25, 0.3) is 0 Å². The molecule has 0 spiro atoms. The van der Waals surface area contributed by atoms with Crippen LogP contribution in [0, 0.1) is 0 Å². The Balaban J connectivity index is 2.12. The molecular formula is C18H18ClNO4. The molecule has 0 saturated heterocycles. The Morgan fingerprint density at radius 2 is 1.67 bits per heavy atom. The van der Waals surface area contributed by atoms with E-state index in [0.717, 1.165) is 11.3 Å². The summed E-state index contributed by atoms with van der Waals surface area (Å²) in [7, 11) is 4.61. The highest BCUT2D eigenvalue weighted by atomic mass is 35.5. The van der Waals surface area contributed by atoms with E-state index in [1.165, 1.54) is 20.3 Å². The van der Waals surface area contributed by atoms with Crippen molar-refractivity contribution >= 4 is 29.3 Å². The summed E-state index contributed by atoms with van der Waals surface area (Å²) in [6.07, 6.45) is 3.14. The average molecular weight is 348 g/mol. The first-order valence-electron chi connectivity index (χ1n) is 7.12. The van der Waals surface area contributed by atoms with Gasteiger partial charge in [-0.3, -0.25) is 4.79 Å². The zero-order valence-corrected chi connectivity index (χ0v) is 14.4. The zero-order valence-electron chi connectivity index (χ0n) is 13.6. The van der Waals surface area contributed by atoms with Crippen LogP contribution < -0.4 is 19.5 Å². The summed E-state index contributed by atoms with van der Waals surface area (Å²) in [5, 5.41) is 3.15. The van der Waals surface area contributed by atoms with Crippen molar-refractivity contribution in [3.63, 3.8) is 0 Å². The van der Waals surface area contributed by atoms with Crippen LogP contribution in [-0.2, 0) is 4.79 Å². The van der Waals surface area contributed by atoms with Gasteiger partial charge in [0.15, 0.2) is 0 Å². The summed E-state index contributed by atoms with van der Waals surface area (Å²) in [6.45, 7) is 0. The molecule has 0 fully saturated rings. The van der Waals surface area contributed by atoms with Crippen molar-refractivity contribution in [2.75, 3.05) is 26.6 Å². The van der Waals surface area contributed by atoms with Crippen LogP contribution in [0.1, 0.15) is 5.56 Å². The molecule has 5 nitrogen and oxygen atoms in total. The molecular weight excluding hydrogens is 330 g/mol. The van der Waals surface area contributed by atoms with E-state index in [-0.39, 0.29) is 5.91 Å². The van der Waals surface area contributed by atoms with E-state index in [4.69, 9.17) is 25.8 Å². The molecule has 2 aromatic carbocycles. The minimum absolute atomic E-state index is 0.298. The van der Waals surface area contributed by atoms with Crippen molar-refractivity contribution < 1.29 is 19.0 Å². The monoisotopic (exact) mass is 347 g/mol. The van der Waals surface area contributed by atoms with Crippen LogP contribution in [0.4, 0.5) is 5.69 Å². The molecule has 0 unspecified atom stereocenters. The van der Waals surface area contributed by atoms with E-state index in [1.807, 2.05) is 24.3 Å². The van der Waals surface area contributed by atoms with Crippen molar-refractivity contribution in [3.05, 3.63) is 53.1 Å². The molecule has 0 aliphatic carbocycles. The first-order valence-corrected chi connectivity index (χ1v) is 7.49. The van der Waals surface area contributed by atoms with Crippen molar-refractivity contribution in [2.45, 2.75) is 0 Å². The van der Waals surface area contributed by atoms with Crippen LogP contribution >= 0.6 is 11.6 Å². The molecule has 1 N–H and O–H groups in total. The summed E-state index contributed by atoms with van der Waals surface area (Å²) < 4.78 is 15.5. The van der Waals surface area contributed by atoms with Crippen molar-refractivity contribution in [3.8, 4) is 17.2 Å². The van der Waals surface area contributed by atoms with Crippen molar-refractivity contribution in [2.24, 2.45) is 0 Å². The first kappa shape index (κ1) is 17.7. The number of hydrogen-bond donors (Lipinski definition) is 1. The summed E-state index contributed by atoms with van der Waals surface area (Å²) in [5.74, 6) is 1.36. The number of carbonyl (C=O) groups is 1. The standard InChI is InChI=1S/C18H18ClNO4/c1-22-13-7-4-12(5-8-13)6-9-18(21)20-15-11-16(23-2)14(19)10-17(15)24-3/h4-11H,1-3H3,(H,20,21). The predicted molar refractivity (Wildman–Crippen MR) is 95.2 cm³/mol. The number of amides is 1. The Labute approximate surface area is 145 Å². The number of anilines is 1. The molecule has 0 aliphatic heterocycles. The largest absolute Gasteiger partial charge is 0.497 e. The molecule has 0 saturated carbocycles. The van der Waals surface area contributed by atoms with Gasteiger partial charge in [0.05, 0.1) is 32.0 Å². The highest BCUT2D eigenvalue weighted by Gasteiger charge is 2.11. The molecule has 0 aliphatic rings. The lowest BCUT2D eigenvalue weighted by Crippen LogP contribution is -2.09. The normalized spacial score (nSPS) is 10.5. The van der Waals surface area contributed by atoms with E-state index in [0.29, 0.717) is 22.2 Å². The fourth-order valence-corrected chi connectivity index (χ4v) is 2.25. The van der Waals surface area contributed by atoms with Crippen LogP contribution in [0.3, 0.4) is 0 Å². The van der Waals surface area contributed by atoms with Gasteiger partial charge >= 0.3 is 0 Å². The Morgan fingerprint density at radius 1 is 1.00 bits per heavy atom. The number of benzene rings is 2. The molecule has 0 radical (unpaired) electrons. The maximum absolute atomic E-state index is 12.1. The van der Waals surface area contributed by atoms with Gasteiger partial charge in [-0.05, 0) is 23.8 Å². The summed E-state index contributed by atoms with van der Waals surface area (Å²) in [6, 6.07) is 10.6. The third kappa shape index (κ3) is 4.43. The van der Waals surface area contributed by atoms with Gasteiger partial charge in [0.2, 0.25) is 5.91 Å². The molecule has 126 valence electrons. The van der Waals surface area contributed by atoms with Gasteiger partial charge < -0.3 is 19.5 Å². The second kappa shape index (κ2) is 8.26. The summed E-state index contributed by atoms with van der Waals surface area (Å²) in [4.78, 5) is 12.1. The Kier molecular flexibility index (Phi) is 6.09. The molecule has 2 rings (SSSR count). The number of rotatable bonds is 6. The fraction of sp³-hybridized carbons (Fsp3) is 0.167. The minimum atomic E-state index is -0.298. The second-order valence-corrected chi connectivity index (χ2v) is 5.19. The molecule has 24 heavy (non-hydrogen) atoms. The highest BCUT2D eigenvalue weighted by molar-refractivity contribution is 6.32. The Hall–Kier alpha value is -2.66. The van der Waals surface area contributed by atoms with E-state index in [9.17, 15) is 4.79 Å². The van der Waals surface area contributed by atoms with Crippen LogP contribution in [-0.4, -0.2) is 27.2 Å². The minimum Gasteiger partial charge on any atom is -0.497 e. The molecule has 1 amide bonds. The Bertz CT molecular complexity index is 741. The molecule has 2 aromatic rings. The molecule has 0 aromatic heterocycles. The average Bonchev–Trinajstić information content (AvgIpc) is 2.61. The molecule has 0 atom stereocenters. The van der Waals surface area contributed by atoms with Crippen molar-refractivity contribution in [1.82, 2.24) is 0 Å². The molecule has 0 bridgehead atoms. The van der Waals surface area contributed by atoms with Gasteiger partial charge in [-0.25, -0.2) is 0 Å². The van der Waals surface area contributed by atoms with E-state index in [2.05, 4.69) is 5.32 Å². The lowest BCUT2D eigenvalue weighted by Gasteiger charge is -2.12. The van der Waals surface area contributed by atoms with Crippen LogP contribution in [0.5, 0.6) is 17.2 Å². The molecule has 6 heteroatoms. The zero-order chi connectivity index (χ0) is 17.5. The smallest absolute Gasteiger partial charge is 0.248 e. The summed E-state index contributed by atoms with van der Waals surface area (Å²) >= 11 is 6.04. The maximum Gasteiger partial charge on any atom is 0.248 e.